The standard InChI is InChI=1S/C6H7NO5S2/c1-3-2-13-4(6(8)9)5(3)14(11,12)7-10/h2,7,10H,1H3,(H,8,9). The number of nitrogens with one attached hydrogen (secondary N) is 1. The summed E-state index contributed by atoms with van der Waals surface area (Å²) in [4.78, 5) is 11.0. The lowest BCUT2D eigenvalue weighted by molar-refractivity contribution is 0.0698. The Morgan fingerprint density at radius 2 is 2.14 bits per heavy atom. The van der Waals surface area contributed by atoms with Gasteiger partial charge in [-0.25, -0.2) is 13.2 Å². The van der Waals surface area contributed by atoms with E-state index in [2.05, 4.69) is 0 Å². The lowest BCUT2D eigenvalue weighted by atomic mass is 10.3. The minimum Gasteiger partial charge on any atom is -0.477 e. The van der Waals surface area contributed by atoms with Gasteiger partial charge in [0.1, 0.15) is 9.77 Å². The first kappa shape index (κ1) is 11.1. The minimum atomic E-state index is -4.13. The molecule has 14 heavy (non-hydrogen) atoms. The molecule has 0 saturated heterocycles. The van der Waals surface area contributed by atoms with E-state index in [1.165, 1.54) is 12.3 Å². The number of carbonyl (C=O) groups is 1. The van der Waals surface area contributed by atoms with E-state index in [9.17, 15) is 13.2 Å². The first-order valence-corrected chi connectivity index (χ1v) is 5.73. The second-order valence-corrected chi connectivity index (χ2v) is 4.95. The van der Waals surface area contributed by atoms with Gasteiger partial charge in [-0.15, -0.1) is 11.3 Å². The molecule has 0 spiro atoms. The largest absolute Gasteiger partial charge is 0.477 e. The summed E-state index contributed by atoms with van der Waals surface area (Å²) in [7, 11) is -4.13. The van der Waals surface area contributed by atoms with Crippen LogP contribution in [0, 0.1) is 6.92 Å². The molecule has 1 heterocycles. The lowest BCUT2D eigenvalue weighted by Gasteiger charge is -2.01. The van der Waals surface area contributed by atoms with E-state index >= 15 is 0 Å². The third-order valence-corrected chi connectivity index (χ3v) is 4.02. The number of aryl methyl sites for hydroxylation is 1. The second-order valence-electron chi connectivity index (χ2n) is 2.48. The molecule has 0 fully saturated rings. The Kier molecular flexibility index (Phi) is 2.90. The smallest absolute Gasteiger partial charge is 0.347 e. The Hall–Kier alpha value is -0.960. The molecule has 0 saturated carbocycles. The number of aromatic carboxylic acids is 1. The molecule has 0 aliphatic rings. The molecule has 1 aromatic heterocycles. The monoisotopic (exact) mass is 237 g/mol. The predicted molar refractivity (Wildman–Crippen MR) is 48.1 cm³/mol. The van der Waals surface area contributed by atoms with Gasteiger partial charge in [0.05, 0.1) is 0 Å². The van der Waals surface area contributed by atoms with Gasteiger partial charge in [0.15, 0.2) is 0 Å². The maximum atomic E-state index is 11.2. The zero-order chi connectivity index (χ0) is 10.9. The average Bonchev–Trinajstić information content (AvgIpc) is 2.47. The first-order chi connectivity index (χ1) is 6.40. The van der Waals surface area contributed by atoms with Crippen molar-refractivity contribution in [2.75, 3.05) is 0 Å². The van der Waals surface area contributed by atoms with Gasteiger partial charge in [-0.2, -0.15) is 0 Å². The van der Waals surface area contributed by atoms with Gasteiger partial charge < -0.3 is 10.3 Å². The fraction of sp³-hybridized carbons (Fsp3) is 0.167. The van der Waals surface area contributed by atoms with E-state index in [1.54, 1.807) is 0 Å². The molecule has 6 nitrogen and oxygen atoms in total. The highest BCUT2D eigenvalue weighted by molar-refractivity contribution is 7.89. The third-order valence-electron chi connectivity index (χ3n) is 1.50. The number of thiophene rings is 1. The molecular formula is C6H7NO5S2. The highest BCUT2D eigenvalue weighted by Crippen LogP contribution is 2.26. The minimum absolute atomic E-state index is 0.286. The molecule has 0 unspecified atom stereocenters. The molecule has 0 aliphatic heterocycles. The van der Waals surface area contributed by atoms with E-state index in [1.807, 2.05) is 0 Å². The molecule has 0 amide bonds. The number of hydrogen-bond acceptors (Lipinski definition) is 5. The van der Waals surface area contributed by atoms with Gasteiger partial charge in [-0.1, -0.05) is 4.89 Å². The van der Waals surface area contributed by atoms with Gasteiger partial charge >= 0.3 is 5.97 Å². The summed E-state index contributed by atoms with van der Waals surface area (Å²) in [5.41, 5.74) is 0.286. The maximum Gasteiger partial charge on any atom is 0.347 e. The fourth-order valence-electron chi connectivity index (χ4n) is 0.961. The Balaban J connectivity index is 3.47. The van der Waals surface area contributed by atoms with Crippen LogP contribution in [0.3, 0.4) is 0 Å². The van der Waals surface area contributed by atoms with Crippen molar-refractivity contribution in [3.63, 3.8) is 0 Å². The van der Waals surface area contributed by atoms with Crippen LogP contribution < -0.4 is 4.89 Å². The first-order valence-electron chi connectivity index (χ1n) is 3.37. The van der Waals surface area contributed by atoms with Crippen LogP contribution in [0.25, 0.3) is 0 Å². The van der Waals surface area contributed by atoms with Crippen molar-refractivity contribution < 1.29 is 23.5 Å². The fourth-order valence-corrected chi connectivity index (χ4v) is 3.20. The molecule has 1 aromatic rings. The van der Waals surface area contributed by atoms with Crippen molar-refractivity contribution in [3.05, 3.63) is 15.8 Å². The van der Waals surface area contributed by atoms with Crippen molar-refractivity contribution in [3.8, 4) is 0 Å². The van der Waals surface area contributed by atoms with Crippen LogP contribution in [0.5, 0.6) is 0 Å². The topological polar surface area (TPSA) is 104 Å². The molecule has 78 valence electrons. The summed E-state index contributed by atoms with van der Waals surface area (Å²) in [5, 5.41) is 18.4. The van der Waals surface area contributed by atoms with Gasteiger partial charge in [0.2, 0.25) is 0 Å². The van der Waals surface area contributed by atoms with E-state index < -0.39 is 20.9 Å². The Morgan fingerprint density at radius 3 is 2.57 bits per heavy atom. The van der Waals surface area contributed by atoms with Crippen molar-refractivity contribution in [1.82, 2.24) is 4.89 Å². The van der Waals surface area contributed by atoms with E-state index in [0.717, 1.165) is 16.2 Å². The Morgan fingerprint density at radius 1 is 1.57 bits per heavy atom. The van der Waals surface area contributed by atoms with Crippen LogP contribution in [0.15, 0.2) is 10.3 Å². The van der Waals surface area contributed by atoms with Crippen LogP contribution in [0.2, 0.25) is 0 Å². The predicted octanol–water partition coefficient (Wildman–Crippen LogP) is 0.422. The number of carboxylic acid groups (broad SMARTS) is 1. The zero-order valence-corrected chi connectivity index (χ0v) is 8.65. The summed E-state index contributed by atoms with van der Waals surface area (Å²) in [6.07, 6.45) is 0. The number of hydrogen-bond donors (Lipinski definition) is 3. The zero-order valence-electron chi connectivity index (χ0n) is 7.01. The quantitative estimate of drug-likeness (QED) is 0.661. The van der Waals surface area contributed by atoms with Crippen LogP contribution in [0.4, 0.5) is 0 Å². The summed E-state index contributed by atoms with van der Waals surface area (Å²) in [6, 6.07) is 0. The Bertz CT molecular complexity index is 461. The molecule has 1 rings (SSSR count). The van der Waals surface area contributed by atoms with E-state index in [0.29, 0.717) is 0 Å². The molecule has 0 atom stereocenters. The summed E-state index contributed by atoms with van der Waals surface area (Å²) in [5.74, 6) is -1.34. The van der Waals surface area contributed by atoms with E-state index in [4.69, 9.17) is 10.3 Å². The lowest BCUT2D eigenvalue weighted by Crippen LogP contribution is -2.21. The molecule has 0 aliphatic carbocycles. The summed E-state index contributed by atoms with van der Waals surface area (Å²) >= 11 is 0.797. The molecule has 0 radical (unpaired) electrons. The highest BCUT2D eigenvalue weighted by Gasteiger charge is 2.25. The maximum absolute atomic E-state index is 11.2. The Labute approximate surface area is 83.8 Å². The summed E-state index contributed by atoms with van der Waals surface area (Å²) < 4.78 is 22.4. The SMILES string of the molecule is Cc1csc(C(=O)O)c1S(=O)(=O)NO. The van der Waals surface area contributed by atoms with Gasteiger partial charge in [-0.3, -0.25) is 0 Å². The summed E-state index contributed by atoms with van der Waals surface area (Å²) in [6.45, 7) is 1.45. The van der Waals surface area contributed by atoms with Crippen LogP contribution >= 0.6 is 11.3 Å². The number of carboxylic acids is 1. The highest BCUT2D eigenvalue weighted by atomic mass is 32.2. The molecule has 0 aromatic carbocycles. The molecule has 3 N–H and O–H groups in total. The molecule has 0 bridgehead atoms. The second kappa shape index (κ2) is 3.65. The van der Waals surface area contributed by atoms with Crippen molar-refractivity contribution >= 4 is 27.3 Å². The van der Waals surface area contributed by atoms with Crippen molar-refractivity contribution in [2.45, 2.75) is 11.8 Å². The normalized spacial score (nSPS) is 11.6. The molecular weight excluding hydrogens is 230 g/mol. The van der Waals surface area contributed by atoms with E-state index in [-0.39, 0.29) is 10.4 Å². The third kappa shape index (κ3) is 1.77. The van der Waals surface area contributed by atoms with Crippen LogP contribution in [-0.4, -0.2) is 24.7 Å². The molecule has 8 heteroatoms. The number of rotatable bonds is 3. The van der Waals surface area contributed by atoms with Gasteiger partial charge in [-0.05, 0) is 17.9 Å². The number of sulfonamides is 1. The van der Waals surface area contributed by atoms with Crippen LogP contribution in [0.1, 0.15) is 15.2 Å². The van der Waals surface area contributed by atoms with Crippen LogP contribution in [-0.2, 0) is 10.0 Å². The average molecular weight is 237 g/mol. The van der Waals surface area contributed by atoms with Crippen molar-refractivity contribution in [2.24, 2.45) is 0 Å². The van der Waals surface area contributed by atoms with Crippen molar-refractivity contribution in [1.29, 1.82) is 0 Å². The van der Waals surface area contributed by atoms with Gasteiger partial charge in [0.25, 0.3) is 10.0 Å². The van der Waals surface area contributed by atoms with Gasteiger partial charge in [0, 0.05) is 0 Å².